The largest absolute Gasteiger partial charge is 0.348 e. The third-order valence-electron chi connectivity index (χ3n) is 3.90. The number of aromatic nitrogens is 1. The molecule has 2 heterocycles. The van der Waals surface area contributed by atoms with E-state index in [-0.39, 0.29) is 17.3 Å². The van der Waals surface area contributed by atoms with Gasteiger partial charge in [0.2, 0.25) is 0 Å². The van der Waals surface area contributed by atoms with Gasteiger partial charge in [0.1, 0.15) is 0 Å². The van der Waals surface area contributed by atoms with Crippen LogP contribution in [0.15, 0.2) is 17.1 Å². The highest BCUT2D eigenvalue weighted by Gasteiger charge is 2.40. The Hall–Kier alpha value is -0.840. The smallest absolute Gasteiger partial charge is 0.251 e. The van der Waals surface area contributed by atoms with E-state index in [0.717, 1.165) is 31.2 Å². The van der Waals surface area contributed by atoms with Crippen molar-refractivity contribution < 1.29 is 9.47 Å². The molecule has 4 nitrogen and oxygen atoms in total. The van der Waals surface area contributed by atoms with Gasteiger partial charge >= 0.3 is 0 Å². The molecular weight excluding hydrogens is 254 g/mol. The monoisotopic (exact) mass is 269 g/mol. The van der Waals surface area contributed by atoms with E-state index in [1.54, 1.807) is 6.07 Å². The molecule has 1 N–H and O–H groups in total. The van der Waals surface area contributed by atoms with Crippen molar-refractivity contribution in [2.75, 3.05) is 13.2 Å². The van der Waals surface area contributed by atoms with E-state index in [4.69, 9.17) is 21.1 Å². The number of hydrogen-bond donors (Lipinski definition) is 1. The summed E-state index contributed by atoms with van der Waals surface area (Å²) in [5.74, 6) is -0.118. The zero-order valence-electron chi connectivity index (χ0n) is 10.1. The first-order valence-electron chi connectivity index (χ1n) is 6.35. The maximum atomic E-state index is 11.8. The van der Waals surface area contributed by atoms with E-state index in [2.05, 4.69) is 4.98 Å². The summed E-state index contributed by atoms with van der Waals surface area (Å²) in [7, 11) is 0. The molecule has 2 aliphatic rings. The van der Waals surface area contributed by atoms with E-state index >= 15 is 0 Å². The van der Waals surface area contributed by atoms with Crippen molar-refractivity contribution in [1.29, 1.82) is 0 Å². The van der Waals surface area contributed by atoms with Gasteiger partial charge in [0, 0.05) is 24.6 Å². The number of hydrogen-bond acceptors (Lipinski definition) is 3. The SMILES string of the molecule is O=c1[nH]cc(Cl)cc1C1CCC2(CC1)OCCO2. The Morgan fingerprint density at radius 2 is 1.94 bits per heavy atom. The molecule has 18 heavy (non-hydrogen) atoms. The van der Waals surface area contributed by atoms with Crippen LogP contribution in [0.5, 0.6) is 0 Å². The molecule has 1 aliphatic carbocycles. The normalized spacial score (nSPS) is 23.6. The van der Waals surface area contributed by atoms with Crippen LogP contribution in [0.25, 0.3) is 0 Å². The molecular formula is C13H16ClNO3. The van der Waals surface area contributed by atoms with Gasteiger partial charge in [0.25, 0.3) is 5.56 Å². The molecule has 1 aromatic heterocycles. The molecule has 0 bridgehead atoms. The summed E-state index contributed by atoms with van der Waals surface area (Å²) in [5, 5.41) is 0.582. The minimum Gasteiger partial charge on any atom is -0.348 e. The molecule has 0 atom stereocenters. The van der Waals surface area contributed by atoms with Crippen LogP contribution in [0.1, 0.15) is 37.2 Å². The topological polar surface area (TPSA) is 51.3 Å². The summed E-state index contributed by atoms with van der Waals surface area (Å²) in [6.07, 6.45) is 5.04. The fourth-order valence-corrected chi connectivity index (χ4v) is 3.10. The Kier molecular flexibility index (Phi) is 3.18. The second kappa shape index (κ2) is 4.68. The van der Waals surface area contributed by atoms with Gasteiger partial charge in [0.05, 0.1) is 18.2 Å². The van der Waals surface area contributed by atoms with Crippen LogP contribution >= 0.6 is 11.6 Å². The van der Waals surface area contributed by atoms with Crippen molar-refractivity contribution in [2.45, 2.75) is 37.4 Å². The van der Waals surface area contributed by atoms with Gasteiger partial charge in [0.15, 0.2) is 5.79 Å². The Morgan fingerprint density at radius 1 is 1.28 bits per heavy atom. The summed E-state index contributed by atoms with van der Waals surface area (Å²) in [5.41, 5.74) is 0.754. The molecule has 1 spiro atoms. The number of rotatable bonds is 1. The predicted molar refractivity (Wildman–Crippen MR) is 67.9 cm³/mol. The Morgan fingerprint density at radius 3 is 2.61 bits per heavy atom. The zero-order chi connectivity index (χ0) is 12.6. The lowest BCUT2D eigenvalue weighted by atomic mass is 9.81. The highest BCUT2D eigenvalue weighted by Crippen LogP contribution is 2.41. The van der Waals surface area contributed by atoms with Crippen LogP contribution in [0.2, 0.25) is 5.02 Å². The van der Waals surface area contributed by atoms with Crippen LogP contribution in [0.3, 0.4) is 0 Å². The summed E-state index contributed by atoms with van der Waals surface area (Å²) >= 11 is 5.94. The molecule has 0 radical (unpaired) electrons. The highest BCUT2D eigenvalue weighted by atomic mass is 35.5. The Labute approximate surface area is 110 Å². The van der Waals surface area contributed by atoms with Crippen molar-refractivity contribution in [2.24, 2.45) is 0 Å². The zero-order valence-corrected chi connectivity index (χ0v) is 10.8. The number of pyridine rings is 1. The average molecular weight is 270 g/mol. The van der Waals surface area contributed by atoms with Crippen LogP contribution in [-0.4, -0.2) is 24.0 Å². The van der Waals surface area contributed by atoms with Crippen molar-refractivity contribution >= 4 is 11.6 Å². The quantitative estimate of drug-likeness (QED) is 0.852. The molecule has 0 amide bonds. The second-order valence-electron chi connectivity index (χ2n) is 4.98. The van der Waals surface area contributed by atoms with Crippen LogP contribution in [0.4, 0.5) is 0 Å². The highest BCUT2D eigenvalue weighted by molar-refractivity contribution is 6.30. The maximum absolute atomic E-state index is 11.8. The standard InChI is InChI=1S/C13H16ClNO3/c14-10-7-11(12(16)15-8-10)9-1-3-13(4-2-9)17-5-6-18-13/h7-9H,1-6H2,(H,15,16). The van der Waals surface area contributed by atoms with E-state index in [1.807, 2.05) is 0 Å². The Bertz CT molecular complexity index is 483. The average Bonchev–Trinajstić information content (AvgIpc) is 2.82. The molecule has 3 rings (SSSR count). The molecule has 2 fully saturated rings. The lowest BCUT2D eigenvalue weighted by Crippen LogP contribution is -2.35. The van der Waals surface area contributed by atoms with Gasteiger partial charge in [-0.2, -0.15) is 0 Å². The third kappa shape index (κ3) is 2.20. The molecule has 98 valence electrons. The van der Waals surface area contributed by atoms with Crippen molar-refractivity contribution in [3.8, 4) is 0 Å². The predicted octanol–water partition coefficient (Wildman–Crippen LogP) is 2.43. The van der Waals surface area contributed by atoms with Gasteiger partial charge in [-0.25, -0.2) is 0 Å². The summed E-state index contributed by atoms with van der Waals surface area (Å²) in [6.45, 7) is 1.37. The van der Waals surface area contributed by atoms with Crippen LogP contribution in [0, 0.1) is 0 Å². The number of ether oxygens (including phenoxy) is 2. The van der Waals surface area contributed by atoms with Gasteiger partial charge in [-0.05, 0) is 24.8 Å². The van der Waals surface area contributed by atoms with E-state index in [1.165, 1.54) is 6.20 Å². The number of H-pyrrole nitrogens is 1. The van der Waals surface area contributed by atoms with Gasteiger partial charge in [-0.1, -0.05) is 11.6 Å². The Balaban J connectivity index is 1.76. The third-order valence-corrected chi connectivity index (χ3v) is 4.12. The van der Waals surface area contributed by atoms with E-state index in [9.17, 15) is 4.79 Å². The number of halogens is 1. The molecule has 1 aromatic rings. The van der Waals surface area contributed by atoms with Crippen molar-refractivity contribution in [3.05, 3.63) is 33.2 Å². The molecule has 1 aliphatic heterocycles. The maximum Gasteiger partial charge on any atom is 0.251 e. The molecule has 1 saturated carbocycles. The van der Waals surface area contributed by atoms with Crippen molar-refractivity contribution in [3.63, 3.8) is 0 Å². The minimum atomic E-state index is -0.373. The summed E-state index contributed by atoms with van der Waals surface area (Å²) in [4.78, 5) is 14.5. The molecule has 0 aromatic carbocycles. The van der Waals surface area contributed by atoms with Crippen molar-refractivity contribution in [1.82, 2.24) is 4.98 Å². The second-order valence-corrected chi connectivity index (χ2v) is 5.42. The number of aromatic amines is 1. The molecule has 0 unspecified atom stereocenters. The lowest BCUT2D eigenvalue weighted by Gasteiger charge is -2.35. The fourth-order valence-electron chi connectivity index (χ4n) is 2.93. The summed E-state index contributed by atoms with van der Waals surface area (Å²) in [6, 6.07) is 1.78. The van der Waals surface area contributed by atoms with Gasteiger partial charge < -0.3 is 14.5 Å². The molecule has 1 saturated heterocycles. The number of nitrogens with one attached hydrogen (secondary N) is 1. The molecule has 5 heteroatoms. The first-order valence-corrected chi connectivity index (χ1v) is 6.72. The minimum absolute atomic E-state index is 0.0337. The first-order chi connectivity index (χ1) is 8.69. The van der Waals surface area contributed by atoms with Crippen LogP contribution in [-0.2, 0) is 9.47 Å². The van der Waals surface area contributed by atoms with E-state index < -0.39 is 0 Å². The fraction of sp³-hybridized carbons (Fsp3) is 0.615. The first kappa shape index (κ1) is 12.2. The summed E-state index contributed by atoms with van der Waals surface area (Å²) < 4.78 is 11.4. The van der Waals surface area contributed by atoms with Gasteiger partial charge in [-0.15, -0.1) is 0 Å². The van der Waals surface area contributed by atoms with Gasteiger partial charge in [-0.3, -0.25) is 4.79 Å². The lowest BCUT2D eigenvalue weighted by molar-refractivity contribution is -0.178. The van der Waals surface area contributed by atoms with Crippen LogP contribution < -0.4 is 5.56 Å². The van der Waals surface area contributed by atoms with E-state index in [0.29, 0.717) is 18.2 Å².